The third-order valence-corrected chi connectivity index (χ3v) is 5.68. The van der Waals surface area contributed by atoms with E-state index < -0.39 is 5.60 Å². The maximum absolute atomic E-state index is 13.2. The molecule has 3 nitrogen and oxygen atoms in total. The van der Waals surface area contributed by atoms with Crippen molar-refractivity contribution in [3.05, 3.63) is 70.0 Å². The van der Waals surface area contributed by atoms with Crippen LogP contribution in [0, 0.1) is 12.7 Å². The Labute approximate surface area is 164 Å². The Kier molecular flexibility index (Phi) is 6.30. The maximum atomic E-state index is 13.2. The number of carbonyl (C=O) groups is 1. The van der Waals surface area contributed by atoms with Crippen molar-refractivity contribution < 1.29 is 14.3 Å². The summed E-state index contributed by atoms with van der Waals surface area (Å²) in [4.78, 5) is 14.6. The monoisotopic (exact) mass is 389 g/mol. The third-order valence-electron chi connectivity index (χ3n) is 5.43. The molecule has 0 aliphatic carbocycles. The van der Waals surface area contributed by atoms with Crippen molar-refractivity contribution in [2.75, 3.05) is 19.6 Å². The van der Waals surface area contributed by atoms with Crippen LogP contribution in [-0.2, 0) is 5.60 Å². The lowest BCUT2D eigenvalue weighted by molar-refractivity contribution is -0.0260. The van der Waals surface area contributed by atoms with Crippen molar-refractivity contribution in [2.24, 2.45) is 0 Å². The van der Waals surface area contributed by atoms with E-state index in [-0.39, 0.29) is 11.6 Å². The third kappa shape index (κ3) is 4.95. The van der Waals surface area contributed by atoms with E-state index in [1.807, 2.05) is 24.3 Å². The number of likely N-dealkylation sites (tertiary alicyclic amines) is 1. The number of ketones is 1. The van der Waals surface area contributed by atoms with Gasteiger partial charge in [-0.05, 0) is 74.2 Å². The Bertz CT molecular complexity index is 798. The number of aryl methyl sites for hydroxylation is 1. The van der Waals surface area contributed by atoms with Crippen molar-refractivity contribution in [2.45, 2.75) is 38.2 Å². The summed E-state index contributed by atoms with van der Waals surface area (Å²) in [7, 11) is 0. The zero-order valence-electron chi connectivity index (χ0n) is 15.5. The van der Waals surface area contributed by atoms with E-state index in [2.05, 4.69) is 4.90 Å². The molecule has 0 unspecified atom stereocenters. The van der Waals surface area contributed by atoms with Crippen LogP contribution in [0.5, 0.6) is 0 Å². The largest absolute Gasteiger partial charge is 0.385 e. The number of Topliss-reactive ketones (excluding diaryl/α,β-unsaturated/α-hetero) is 1. The molecule has 0 saturated carbocycles. The minimum absolute atomic E-state index is 0.0576. The molecular formula is C22H25ClFNO2. The van der Waals surface area contributed by atoms with E-state index in [1.165, 1.54) is 12.1 Å². The molecule has 0 bridgehead atoms. The van der Waals surface area contributed by atoms with E-state index in [1.54, 1.807) is 13.0 Å². The summed E-state index contributed by atoms with van der Waals surface area (Å²) in [6.07, 6.45) is 2.54. The van der Waals surface area contributed by atoms with Crippen LogP contribution in [0.3, 0.4) is 0 Å². The first-order valence-corrected chi connectivity index (χ1v) is 9.75. The van der Waals surface area contributed by atoms with Gasteiger partial charge in [0.1, 0.15) is 5.82 Å². The van der Waals surface area contributed by atoms with Crippen LogP contribution in [0.2, 0.25) is 5.02 Å². The van der Waals surface area contributed by atoms with Crippen LogP contribution in [0.4, 0.5) is 4.39 Å². The lowest BCUT2D eigenvalue weighted by atomic mass is 9.84. The lowest BCUT2D eigenvalue weighted by Gasteiger charge is -2.38. The molecule has 1 aliphatic heterocycles. The summed E-state index contributed by atoms with van der Waals surface area (Å²) in [6, 6.07) is 11.7. The summed E-state index contributed by atoms with van der Waals surface area (Å²) in [6.45, 7) is 4.17. The molecule has 5 heteroatoms. The minimum atomic E-state index is -0.803. The number of halogens is 2. The zero-order chi connectivity index (χ0) is 19.4. The molecule has 1 N–H and O–H groups in total. The molecule has 2 aromatic rings. The van der Waals surface area contributed by atoms with Gasteiger partial charge in [-0.25, -0.2) is 4.39 Å². The highest BCUT2D eigenvalue weighted by molar-refractivity contribution is 6.30. The van der Waals surface area contributed by atoms with Crippen molar-refractivity contribution in [1.29, 1.82) is 0 Å². The summed E-state index contributed by atoms with van der Waals surface area (Å²) < 4.78 is 13.2. The van der Waals surface area contributed by atoms with Gasteiger partial charge in [0.15, 0.2) is 5.78 Å². The van der Waals surface area contributed by atoms with Gasteiger partial charge in [0.2, 0.25) is 0 Å². The smallest absolute Gasteiger partial charge is 0.163 e. The van der Waals surface area contributed by atoms with Gasteiger partial charge in [0.05, 0.1) is 5.60 Å². The number of benzene rings is 2. The van der Waals surface area contributed by atoms with E-state index in [0.717, 1.165) is 31.6 Å². The Morgan fingerprint density at radius 1 is 1.19 bits per heavy atom. The lowest BCUT2D eigenvalue weighted by Crippen LogP contribution is -2.42. The van der Waals surface area contributed by atoms with Gasteiger partial charge in [0, 0.05) is 30.1 Å². The quantitative estimate of drug-likeness (QED) is 0.726. The second-order valence-electron chi connectivity index (χ2n) is 7.37. The first-order valence-electron chi connectivity index (χ1n) is 9.37. The molecule has 27 heavy (non-hydrogen) atoms. The SMILES string of the molecule is Cc1cc(F)ccc1C(=O)CCCN1CCC(O)(c2ccc(Cl)cc2)CC1. The summed E-state index contributed by atoms with van der Waals surface area (Å²) in [5.41, 5.74) is 1.40. The highest BCUT2D eigenvalue weighted by atomic mass is 35.5. The van der Waals surface area contributed by atoms with Gasteiger partial charge in [-0.2, -0.15) is 0 Å². The average molecular weight is 390 g/mol. The Morgan fingerprint density at radius 2 is 1.85 bits per heavy atom. The fraction of sp³-hybridized carbons (Fsp3) is 0.409. The maximum Gasteiger partial charge on any atom is 0.163 e. The molecule has 1 aliphatic rings. The molecule has 3 rings (SSSR count). The number of nitrogens with zero attached hydrogens (tertiary/aromatic N) is 1. The van der Waals surface area contributed by atoms with Gasteiger partial charge in [-0.15, -0.1) is 0 Å². The van der Waals surface area contributed by atoms with Gasteiger partial charge < -0.3 is 10.0 Å². The fourth-order valence-corrected chi connectivity index (χ4v) is 3.86. The van der Waals surface area contributed by atoms with E-state index >= 15 is 0 Å². The molecule has 0 spiro atoms. The van der Waals surface area contributed by atoms with Crippen LogP contribution in [-0.4, -0.2) is 35.4 Å². The molecule has 144 valence electrons. The zero-order valence-corrected chi connectivity index (χ0v) is 16.3. The van der Waals surface area contributed by atoms with Crippen molar-refractivity contribution in [1.82, 2.24) is 4.90 Å². The Balaban J connectivity index is 1.47. The van der Waals surface area contributed by atoms with Crippen LogP contribution in [0.15, 0.2) is 42.5 Å². The molecule has 1 heterocycles. The molecule has 1 fully saturated rings. The van der Waals surface area contributed by atoms with Crippen LogP contribution < -0.4 is 0 Å². The van der Waals surface area contributed by atoms with E-state index in [0.29, 0.717) is 35.4 Å². The highest BCUT2D eigenvalue weighted by Crippen LogP contribution is 2.33. The molecule has 0 aromatic heterocycles. The average Bonchev–Trinajstić information content (AvgIpc) is 2.64. The van der Waals surface area contributed by atoms with E-state index in [9.17, 15) is 14.3 Å². The van der Waals surface area contributed by atoms with Gasteiger partial charge in [-0.3, -0.25) is 4.79 Å². The predicted molar refractivity (Wildman–Crippen MR) is 106 cm³/mol. The van der Waals surface area contributed by atoms with Gasteiger partial charge in [-0.1, -0.05) is 23.7 Å². The van der Waals surface area contributed by atoms with Crippen LogP contribution in [0.25, 0.3) is 0 Å². The van der Waals surface area contributed by atoms with Gasteiger partial charge in [0.25, 0.3) is 0 Å². The van der Waals surface area contributed by atoms with Crippen LogP contribution in [0.1, 0.15) is 47.2 Å². The number of hydrogen-bond donors (Lipinski definition) is 1. The summed E-state index contributed by atoms with van der Waals surface area (Å²) in [5, 5.41) is 11.6. The second kappa shape index (κ2) is 8.51. The van der Waals surface area contributed by atoms with Crippen molar-refractivity contribution in [3.63, 3.8) is 0 Å². The van der Waals surface area contributed by atoms with E-state index in [4.69, 9.17) is 11.6 Å². The normalized spacial score (nSPS) is 17.0. The van der Waals surface area contributed by atoms with Crippen molar-refractivity contribution >= 4 is 17.4 Å². The molecule has 2 aromatic carbocycles. The highest BCUT2D eigenvalue weighted by Gasteiger charge is 2.33. The second-order valence-corrected chi connectivity index (χ2v) is 7.80. The van der Waals surface area contributed by atoms with Gasteiger partial charge >= 0.3 is 0 Å². The molecule has 1 saturated heterocycles. The summed E-state index contributed by atoms with van der Waals surface area (Å²) in [5.74, 6) is -0.257. The molecule has 0 amide bonds. The summed E-state index contributed by atoms with van der Waals surface area (Å²) >= 11 is 5.93. The van der Waals surface area contributed by atoms with Crippen molar-refractivity contribution in [3.8, 4) is 0 Å². The standard InChI is InChI=1S/C22H25ClFNO2/c1-16-15-19(24)8-9-20(16)21(26)3-2-12-25-13-10-22(27,11-14-25)17-4-6-18(23)7-5-17/h4-9,15,27H,2-3,10-14H2,1H3. The fourth-order valence-electron chi connectivity index (χ4n) is 3.73. The number of carbonyl (C=O) groups excluding carboxylic acids is 1. The first kappa shape index (κ1) is 20.0. The molecule has 0 atom stereocenters. The Hall–Kier alpha value is -1.75. The first-order chi connectivity index (χ1) is 12.9. The number of rotatable bonds is 6. The number of hydrogen-bond acceptors (Lipinski definition) is 3. The Morgan fingerprint density at radius 3 is 2.48 bits per heavy atom. The predicted octanol–water partition coefficient (Wildman–Crippen LogP) is 4.73. The molecule has 0 radical (unpaired) electrons. The molecular weight excluding hydrogens is 365 g/mol. The minimum Gasteiger partial charge on any atom is -0.385 e. The number of aliphatic hydroxyl groups is 1. The van der Waals surface area contributed by atoms with Crippen LogP contribution >= 0.6 is 11.6 Å². The number of piperidine rings is 1. The topological polar surface area (TPSA) is 40.5 Å².